The summed E-state index contributed by atoms with van der Waals surface area (Å²) in [6, 6.07) is 39.8. The molecule has 0 radical (unpaired) electrons. The number of halogens is 3. The van der Waals surface area contributed by atoms with E-state index in [9.17, 15) is 13.2 Å². The van der Waals surface area contributed by atoms with Crippen LogP contribution in [0.4, 0.5) is 13.2 Å². The van der Waals surface area contributed by atoms with Gasteiger partial charge in [-0.2, -0.15) is 13.2 Å². The molecule has 186 valence electrons. The SMILES string of the molecule is CCc1cc(-c2ccc3ccc(-c4ccc(-c5ccc6ccccc6c5)cc4)cc3c2)cc(C(F)(F)F)c1. The smallest absolute Gasteiger partial charge is 0.166 e. The molecule has 0 aliphatic rings. The number of hydrogen-bond acceptors (Lipinski definition) is 0. The van der Waals surface area contributed by atoms with E-state index < -0.39 is 11.7 Å². The number of fused-ring (bicyclic) bond motifs is 2. The van der Waals surface area contributed by atoms with E-state index in [1.165, 1.54) is 28.5 Å². The maximum Gasteiger partial charge on any atom is 0.416 e. The van der Waals surface area contributed by atoms with Crippen molar-refractivity contribution in [1.82, 2.24) is 0 Å². The molecule has 0 saturated carbocycles. The quantitative estimate of drug-likeness (QED) is 0.225. The van der Waals surface area contributed by atoms with Crippen LogP contribution in [0.25, 0.3) is 54.9 Å². The highest BCUT2D eigenvalue weighted by molar-refractivity contribution is 5.91. The molecule has 0 amide bonds. The molecule has 38 heavy (non-hydrogen) atoms. The molecule has 0 unspecified atom stereocenters. The first-order chi connectivity index (χ1) is 18.4. The standard InChI is InChI=1S/C35H25F3/c1-2-23-17-32(22-34(18-23)35(36,37)38)31-16-13-27-12-15-30(20-33(27)21-31)26-9-7-25(8-10-26)29-14-11-24-5-3-4-6-28(24)19-29/h3-22H,2H2,1H3. The van der Waals surface area contributed by atoms with Gasteiger partial charge in [0.15, 0.2) is 0 Å². The van der Waals surface area contributed by atoms with Crippen molar-refractivity contribution in [3.63, 3.8) is 0 Å². The van der Waals surface area contributed by atoms with Gasteiger partial charge in [-0.1, -0.05) is 97.9 Å². The summed E-state index contributed by atoms with van der Waals surface area (Å²) >= 11 is 0. The van der Waals surface area contributed by atoms with Gasteiger partial charge in [-0.3, -0.25) is 0 Å². The average Bonchev–Trinajstić information content (AvgIpc) is 2.95. The minimum Gasteiger partial charge on any atom is -0.166 e. The fourth-order valence-electron chi connectivity index (χ4n) is 5.06. The zero-order valence-corrected chi connectivity index (χ0v) is 20.9. The van der Waals surface area contributed by atoms with Gasteiger partial charge in [0.05, 0.1) is 5.56 Å². The molecule has 0 fully saturated rings. The third kappa shape index (κ3) is 4.68. The van der Waals surface area contributed by atoms with E-state index in [-0.39, 0.29) is 0 Å². The van der Waals surface area contributed by atoms with Gasteiger partial charge in [-0.15, -0.1) is 0 Å². The van der Waals surface area contributed by atoms with Crippen molar-refractivity contribution >= 4 is 21.5 Å². The minimum absolute atomic E-state index is 0.545. The largest absolute Gasteiger partial charge is 0.416 e. The van der Waals surface area contributed by atoms with E-state index in [1.807, 2.05) is 37.3 Å². The van der Waals surface area contributed by atoms with Gasteiger partial charge in [0, 0.05) is 0 Å². The molecule has 0 atom stereocenters. The average molecular weight is 503 g/mol. The molecule has 0 heterocycles. The van der Waals surface area contributed by atoms with Gasteiger partial charge in [0.25, 0.3) is 0 Å². The maximum absolute atomic E-state index is 13.5. The van der Waals surface area contributed by atoms with Gasteiger partial charge in [0.1, 0.15) is 0 Å². The Balaban J connectivity index is 1.34. The molecule has 0 aromatic heterocycles. The molecular weight excluding hydrogens is 477 g/mol. The van der Waals surface area contributed by atoms with Crippen LogP contribution in [0.5, 0.6) is 0 Å². The predicted octanol–water partition coefficient (Wildman–Crippen LogP) is 10.6. The van der Waals surface area contributed by atoms with Gasteiger partial charge in [0.2, 0.25) is 0 Å². The monoisotopic (exact) mass is 502 g/mol. The van der Waals surface area contributed by atoms with E-state index in [2.05, 4.69) is 78.9 Å². The highest BCUT2D eigenvalue weighted by Gasteiger charge is 2.31. The van der Waals surface area contributed by atoms with Crippen molar-refractivity contribution in [2.24, 2.45) is 0 Å². The van der Waals surface area contributed by atoms with Crippen molar-refractivity contribution in [2.45, 2.75) is 19.5 Å². The lowest BCUT2D eigenvalue weighted by Crippen LogP contribution is -2.06. The van der Waals surface area contributed by atoms with Gasteiger partial charge < -0.3 is 0 Å². The Labute approximate surface area is 220 Å². The minimum atomic E-state index is -4.37. The van der Waals surface area contributed by atoms with E-state index in [0.29, 0.717) is 17.5 Å². The second kappa shape index (κ2) is 9.50. The second-order valence-corrected chi connectivity index (χ2v) is 9.69. The van der Waals surface area contributed by atoms with Crippen molar-refractivity contribution < 1.29 is 13.2 Å². The van der Waals surface area contributed by atoms with Crippen LogP contribution in [-0.4, -0.2) is 0 Å². The number of hydrogen-bond donors (Lipinski definition) is 0. The Morgan fingerprint density at radius 2 is 0.921 bits per heavy atom. The van der Waals surface area contributed by atoms with Crippen molar-refractivity contribution in [1.29, 1.82) is 0 Å². The molecule has 6 aromatic carbocycles. The second-order valence-electron chi connectivity index (χ2n) is 9.69. The van der Waals surface area contributed by atoms with Crippen molar-refractivity contribution in [2.75, 3.05) is 0 Å². The van der Waals surface area contributed by atoms with Crippen LogP contribution >= 0.6 is 0 Å². The molecule has 0 spiro atoms. The van der Waals surface area contributed by atoms with Crippen LogP contribution in [0.2, 0.25) is 0 Å². The molecule has 0 aliphatic carbocycles. The fourth-order valence-corrected chi connectivity index (χ4v) is 5.06. The molecular formula is C35H25F3. The van der Waals surface area contributed by atoms with E-state index >= 15 is 0 Å². The lowest BCUT2D eigenvalue weighted by Gasteiger charge is -2.13. The van der Waals surface area contributed by atoms with Crippen LogP contribution in [0.3, 0.4) is 0 Å². The lowest BCUT2D eigenvalue weighted by molar-refractivity contribution is -0.137. The molecule has 0 bridgehead atoms. The summed E-state index contributed by atoms with van der Waals surface area (Å²) in [6.07, 6.45) is -3.83. The number of aryl methyl sites for hydroxylation is 1. The summed E-state index contributed by atoms with van der Waals surface area (Å²) in [7, 11) is 0. The van der Waals surface area contributed by atoms with Gasteiger partial charge in [-0.05, 0) is 97.2 Å². The Bertz CT molecular complexity index is 1780. The van der Waals surface area contributed by atoms with Crippen LogP contribution in [0.15, 0.2) is 121 Å². The summed E-state index contributed by atoms with van der Waals surface area (Å²) in [4.78, 5) is 0. The zero-order chi connectivity index (χ0) is 26.3. The summed E-state index contributed by atoms with van der Waals surface area (Å²) < 4.78 is 40.5. The molecule has 3 heteroatoms. The van der Waals surface area contributed by atoms with Crippen LogP contribution in [-0.2, 0) is 12.6 Å². The van der Waals surface area contributed by atoms with Crippen LogP contribution in [0.1, 0.15) is 18.1 Å². The van der Waals surface area contributed by atoms with Crippen molar-refractivity contribution in [3.05, 3.63) is 132 Å². The first-order valence-electron chi connectivity index (χ1n) is 12.7. The number of rotatable bonds is 4. The van der Waals surface area contributed by atoms with Crippen LogP contribution in [0, 0.1) is 0 Å². The first-order valence-corrected chi connectivity index (χ1v) is 12.7. The summed E-state index contributed by atoms with van der Waals surface area (Å²) in [6.45, 7) is 1.87. The predicted molar refractivity (Wildman–Crippen MR) is 152 cm³/mol. The summed E-state index contributed by atoms with van der Waals surface area (Å²) in [5.41, 5.74) is 5.92. The highest BCUT2D eigenvalue weighted by Crippen LogP contribution is 2.35. The van der Waals surface area contributed by atoms with Crippen molar-refractivity contribution in [3.8, 4) is 33.4 Å². The molecule has 0 N–H and O–H groups in total. The maximum atomic E-state index is 13.5. The molecule has 6 aromatic rings. The lowest BCUT2D eigenvalue weighted by atomic mass is 9.94. The summed E-state index contributed by atoms with van der Waals surface area (Å²) in [5, 5.41) is 4.48. The number of alkyl halides is 3. The van der Waals surface area contributed by atoms with Gasteiger partial charge >= 0.3 is 6.18 Å². The Kier molecular flexibility index (Phi) is 6.00. The Morgan fingerprint density at radius 3 is 1.47 bits per heavy atom. The number of benzene rings is 6. The normalized spacial score (nSPS) is 11.8. The third-order valence-electron chi connectivity index (χ3n) is 7.20. The van der Waals surface area contributed by atoms with E-state index in [0.717, 1.165) is 33.0 Å². The first kappa shape index (κ1) is 24.0. The molecule has 0 nitrogen and oxygen atoms in total. The third-order valence-corrected chi connectivity index (χ3v) is 7.20. The Hall–Kier alpha value is -4.37. The van der Waals surface area contributed by atoms with E-state index in [4.69, 9.17) is 0 Å². The highest BCUT2D eigenvalue weighted by atomic mass is 19.4. The van der Waals surface area contributed by atoms with Crippen LogP contribution < -0.4 is 0 Å². The van der Waals surface area contributed by atoms with E-state index in [1.54, 1.807) is 0 Å². The van der Waals surface area contributed by atoms with Gasteiger partial charge in [-0.25, -0.2) is 0 Å². The summed E-state index contributed by atoms with van der Waals surface area (Å²) in [5.74, 6) is 0. The molecule has 6 rings (SSSR count). The Morgan fingerprint density at radius 1 is 0.447 bits per heavy atom. The fraction of sp³-hybridized carbons (Fsp3) is 0.0857. The zero-order valence-electron chi connectivity index (χ0n) is 20.9. The molecule has 0 saturated heterocycles. The topological polar surface area (TPSA) is 0 Å². The molecule has 0 aliphatic heterocycles.